The fourth-order valence-electron chi connectivity index (χ4n) is 1.56. The van der Waals surface area contributed by atoms with E-state index >= 15 is 0 Å². The summed E-state index contributed by atoms with van der Waals surface area (Å²) in [6, 6.07) is 0. The Balaban J connectivity index is 2.25. The minimum atomic E-state index is -0.0642. The topological polar surface area (TPSA) is 38.7 Å². The zero-order valence-corrected chi connectivity index (χ0v) is 9.15. The van der Waals surface area contributed by atoms with Crippen LogP contribution in [0, 0.1) is 0 Å². The second kappa shape index (κ2) is 7.63. The molecule has 1 unspecified atom stereocenters. The van der Waals surface area contributed by atoms with Crippen LogP contribution in [-0.4, -0.2) is 31.2 Å². The third-order valence-corrected chi connectivity index (χ3v) is 2.38. The summed E-state index contributed by atoms with van der Waals surface area (Å²) in [6.45, 7) is 5.04. The molecule has 0 aromatic rings. The molecule has 15 heavy (non-hydrogen) atoms. The van der Waals surface area contributed by atoms with Gasteiger partial charge < -0.3 is 14.6 Å². The van der Waals surface area contributed by atoms with E-state index in [2.05, 4.69) is 6.58 Å². The lowest BCUT2D eigenvalue weighted by Crippen LogP contribution is -2.23. The maximum atomic E-state index is 8.80. The van der Waals surface area contributed by atoms with Gasteiger partial charge in [-0.05, 0) is 31.3 Å². The van der Waals surface area contributed by atoms with E-state index in [0.717, 1.165) is 31.4 Å². The maximum Gasteiger partial charge on any atom is 0.158 e. The Morgan fingerprint density at radius 2 is 2.40 bits per heavy atom. The molecule has 1 rings (SSSR count). The molecule has 0 aromatic heterocycles. The van der Waals surface area contributed by atoms with Gasteiger partial charge in [-0.2, -0.15) is 0 Å². The number of ether oxygens (including phenoxy) is 2. The van der Waals surface area contributed by atoms with Gasteiger partial charge in [0.25, 0.3) is 0 Å². The van der Waals surface area contributed by atoms with Gasteiger partial charge in [0.2, 0.25) is 0 Å². The zero-order valence-electron chi connectivity index (χ0n) is 9.15. The molecule has 0 saturated carbocycles. The Labute approximate surface area is 91.4 Å². The van der Waals surface area contributed by atoms with Gasteiger partial charge in [0.15, 0.2) is 6.29 Å². The maximum absolute atomic E-state index is 8.80. The molecule has 1 aliphatic heterocycles. The summed E-state index contributed by atoms with van der Waals surface area (Å²) in [5, 5.41) is 8.80. The van der Waals surface area contributed by atoms with Crippen LogP contribution in [0.1, 0.15) is 25.7 Å². The first-order chi connectivity index (χ1) is 7.36. The largest absolute Gasteiger partial charge is 0.392 e. The number of hydrogen-bond acceptors (Lipinski definition) is 3. The molecule has 0 aromatic carbocycles. The molecule has 1 N–H and O–H groups in total. The van der Waals surface area contributed by atoms with Gasteiger partial charge in [0.05, 0.1) is 13.2 Å². The van der Waals surface area contributed by atoms with E-state index in [9.17, 15) is 0 Å². The SMILES string of the molecule is C=CC/C(=C\CO)COC1CCCCO1. The second-order valence-corrected chi connectivity index (χ2v) is 3.64. The Bertz CT molecular complexity index is 205. The molecule has 1 fully saturated rings. The summed E-state index contributed by atoms with van der Waals surface area (Å²) < 4.78 is 11.0. The number of rotatable bonds is 6. The van der Waals surface area contributed by atoms with Crippen molar-refractivity contribution in [3.05, 3.63) is 24.3 Å². The predicted octanol–water partition coefficient (Wildman–Crippen LogP) is 2.02. The monoisotopic (exact) mass is 212 g/mol. The van der Waals surface area contributed by atoms with E-state index in [1.165, 1.54) is 6.42 Å². The smallest absolute Gasteiger partial charge is 0.158 e. The number of aliphatic hydroxyl groups is 1. The van der Waals surface area contributed by atoms with Gasteiger partial charge in [-0.15, -0.1) is 6.58 Å². The lowest BCUT2D eigenvalue weighted by Gasteiger charge is -2.23. The molecule has 1 saturated heterocycles. The molecule has 1 aliphatic rings. The predicted molar refractivity (Wildman–Crippen MR) is 59.5 cm³/mol. The van der Waals surface area contributed by atoms with E-state index in [0.29, 0.717) is 6.61 Å². The van der Waals surface area contributed by atoms with Crippen LogP contribution < -0.4 is 0 Å². The van der Waals surface area contributed by atoms with Crippen molar-refractivity contribution in [3.63, 3.8) is 0 Å². The minimum Gasteiger partial charge on any atom is -0.392 e. The van der Waals surface area contributed by atoms with Crippen molar-refractivity contribution in [2.75, 3.05) is 19.8 Å². The molecule has 86 valence electrons. The van der Waals surface area contributed by atoms with Crippen molar-refractivity contribution in [2.45, 2.75) is 32.0 Å². The average molecular weight is 212 g/mol. The van der Waals surface area contributed by atoms with Crippen LogP contribution >= 0.6 is 0 Å². The lowest BCUT2D eigenvalue weighted by atomic mass is 10.2. The highest BCUT2D eigenvalue weighted by Crippen LogP contribution is 2.15. The molecule has 3 heteroatoms. The van der Waals surface area contributed by atoms with Crippen molar-refractivity contribution in [1.29, 1.82) is 0 Å². The fourth-order valence-corrected chi connectivity index (χ4v) is 1.56. The van der Waals surface area contributed by atoms with Crippen LogP contribution in [0.5, 0.6) is 0 Å². The van der Waals surface area contributed by atoms with Crippen LogP contribution in [0.15, 0.2) is 24.3 Å². The molecule has 0 amide bonds. The quantitative estimate of drug-likeness (QED) is 0.685. The van der Waals surface area contributed by atoms with Crippen LogP contribution in [0.4, 0.5) is 0 Å². The molecule has 0 aliphatic carbocycles. The fraction of sp³-hybridized carbons (Fsp3) is 0.667. The molecular formula is C12H20O3. The Morgan fingerprint density at radius 3 is 3.00 bits per heavy atom. The summed E-state index contributed by atoms with van der Waals surface area (Å²) in [5.41, 5.74) is 1.06. The van der Waals surface area contributed by atoms with E-state index in [4.69, 9.17) is 14.6 Å². The van der Waals surface area contributed by atoms with Crippen molar-refractivity contribution < 1.29 is 14.6 Å². The van der Waals surface area contributed by atoms with E-state index in [1.54, 1.807) is 6.08 Å². The van der Waals surface area contributed by atoms with Crippen LogP contribution in [0.3, 0.4) is 0 Å². The second-order valence-electron chi connectivity index (χ2n) is 3.64. The summed E-state index contributed by atoms with van der Waals surface area (Å²) in [5.74, 6) is 0. The first kappa shape index (κ1) is 12.4. The summed E-state index contributed by atoms with van der Waals surface area (Å²) in [4.78, 5) is 0. The van der Waals surface area contributed by atoms with Gasteiger partial charge in [-0.1, -0.05) is 12.2 Å². The molecule has 0 radical (unpaired) electrons. The normalized spacial score (nSPS) is 22.7. The van der Waals surface area contributed by atoms with Gasteiger partial charge in [-0.25, -0.2) is 0 Å². The van der Waals surface area contributed by atoms with Crippen molar-refractivity contribution in [3.8, 4) is 0 Å². The van der Waals surface area contributed by atoms with E-state index in [1.807, 2.05) is 6.08 Å². The molecule has 1 heterocycles. The highest BCUT2D eigenvalue weighted by atomic mass is 16.7. The van der Waals surface area contributed by atoms with Gasteiger partial charge in [0.1, 0.15) is 0 Å². The van der Waals surface area contributed by atoms with Crippen LogP contribution in [-0.2, 0) is 9.47 Å². The summed E-state index contributed by atoms with van der Waals surface area (Å²) in [6.07, 6.45) is 7.55. The highest BCUT2D eigenvalue weighted by molar-refractivity contribution is 5.06. The number of allylic oxidation sites excluding steroid dienone is 1. The molecule has 1 atom stereocenters. The Kier molecular flexibility index (Phi) is 6.32. The molecule has 0 spiro atoms. The summed E-state index contributed by atoms with van der Waals surface area (Å²) in [7, 11) is 0. The standard InChI is InChI=1S/C12H20O3/c1-2-5-11(7-8-13)10-15-12-6-3-4-9-14-12/h2,7,12-13H,1,3-6,8-10H2/b11-7+. The lowest BCUT2D eigenvalue weighted by molar-refractivity contribution is -0.157. The average Bonchev–Trinajstić information content (AvgIpc) is 2.28. The number of hydrogen-bond donors (Lipinski definition) is 1. The van der Waals surface area contributed by atoms with Gasteiger partial charge >= 0.3 is 0 Å². The Morgan fingerprint density at radius 1 is 1.53 bits per heavy atom. The molecular weight excluding hydrogens is 192 g/mol. The van der Waals surface area contributed by atoms with Crippen LogP contribution in [0.2, 0.25) is 0 Å². The molecule has 3 nitrogen and oxygen atoms in total. The third-order valence-electron chi connectivity index (χ3n) is 2.38. The molecule has 0 bridgehead atoms. The van der Waals surface area contributed by atoms with Crippen molar-refractivity contribution in [1.82, 2.24) is 0 Å². The zero-order chi connectivity index (χ0) is 10.9. The van der Waals surface area contributed by atoms with Crippen molar-refractivity contribution >= 4 is 0 Å². The van der Waals surface area contributed by atoms with Crippen molar-refractivity contribution in [2.24, 2.45) is 0 Å². The first-order valence-electron chi connectivity index (χ1n) is 5.49. The van der Waals surface area contributed by atoms with E-state index < -0.39 is 0 Å². The van der Waals surface area contributed by atoms with Gasteiger partial charge in [-0.3, -0.25) is 0 Å². The van der Waals surface area contributed by atoms with Crippen LogP contribution in [0.25, 0.3) is 0 Å². The van der Waals surface area contributed by atoms with E-state index in [-0.39, 0.29) is 12.9 Å². The number of aliphatic hydroxyl groups excluding tert-OH is 1. The first-order valence-corrected chi connectivity index (χ1v) is 5.49. The third kappa shape index (κ3) is 5.11. The highest BCUT2D eigenvalue weighted by Gasteiger charge is 2.13. The van der Waals surface area contributed by atoms with Gasteiger partial charge in [0, 0.05) is 6.61 Å². The minimum absolute atomic E-state index is 0.0536. The Hall–Kier alpha value is -0.640. The summed E-state index contributed by atoms with van der Waals surface area (Å²) >= 11 is 0.